The minimum absolute atomic E-state index is 0.274. The normalized spacial score (nSPS) is 11.0. The van der Waals surface area contributed by atoms with Crippen LogP contribution in [0.4, 0.5) is 10.3 Å². The Hall–Kier alpha value is -1.60. The first-order valence-corrected chi connectivity index (χ1v) is 7.56. The predicted octanol–water partition coefficient (Wildman–Crippen LogP) is 4.28. The highest BCUT2D eigenvalue weighted by Crippen LogP contribution is 2.32. The summed E-state index contributed by atoms with van der Waals surface area (Å²) in [5, 5.41) is 0. The van der Waals surface area contributed by atoms with Crippen LogP contribution in [0.25, 0.3) is 16.7 Å². The predicted molar refractivity (Wildman–Crippen MR) is 87.4 cm³/mol. The fraction of sp³-hybridized carbons (Fsp3) is 0.0714. The van der Waals surface area contributed by atoms with Gasteiger partial charge < -0.3 is 10.5 Å². The molecule has 0 aliphatic heterocycles. The smallest absolute Gasteiger partial charge is 0.205 e. The van der Waals surface area contributed by atoms with E-state index < -0.39 is 0 Å². The SMILES string of the molecule is COc1ccc(Br)c(-n2c(N)nc3cc(Br)c(F)cc32)c1. The fourth-order valence-electron chi connectivity index (χ4n) is 2.14. The van der Waals surface area contributed by atoms with Crippen molar-refractivity contribution in [1.82, 2.24) is 9.55 Å². The summed E-state index contributed by atoms with van der Waals surface area (Å²) < 4.78 is 21.9. The molecule has 0 radical (unpaired) electrons. The number of fused-ring (bicyclic) bond motifs is 1. The van der Waals surface area contributed by atoms with Gasteiger partial charge in [-0.25, -0.2) is 9.37 Å². The van der Waals surface area contributed by atoms with Crippen molar-refractivity contribution < 1.29 is 9.13 Å². The standard InChI is InChI=1S/C14H10Br2FN3O/c1-21-7-2-3-8(15)12(4-7)20-13-6-10(17)9(16)5-11(13)19-14(20)18/h2-6H,1H3,(H2,18,19). The van der Waals surface area contributed by atoms with Gasteiger partial charge in [0.25, 0.3) is 0 Å². The zero-order valence-electron chi connectivity index (χ0n) is 10.9. The van der Waals surface area contributed by atoms with Crippen molar-refractivity contribution in [3.63, 3.8) is 0 Å². The van der Waals surface area contributed by atoms with Crippen LogP contribution in [0.2, 0.25) is 0 Å². The van der Waals surface area contributed by atoms with Gasteiger partial charge in [0.1, 0.15) is 11.6 Å². The van der Waals surface area contributed by atoms with Crippen molar-refractivity contribution in [2.45, 2.75) is 0 Å². The summed E-state index contributed by atoms with van der Waals surface area (Å²) in [5.41, 5.74) is 7.92. The molecule has 4 nitrogen and oxygen atoms in total. The Balaban J connectivity index is 2.34. The van der Waals surface area contributed by atoms with Gasteiger partial charge in [0.05, 0.1) is 28.3 Å². The lowest BCUT2D eigenvalue weighted by molar-refractivity contribution is 0.414. The van der Waals surface area contributed by atoms with E-state index in [1.807, 2.05) is 18.2 Å². The number of hydrogen-bond acceptors (Lipinski definition) is 3. The zero-order chi connectivity index (χ0) is 15.1. The molecule has 0 bridgehead atoms. The molecule has 0 aliphatic carbocycles. The number of nitrogens with two attached hydrogens (primary N) is 1. The fourth-order valence-corrected chi connectivity index (χ4v) is 2.89. The number of halogens is 3. The maximum Gasteiger partial charge on any atom is 0.205 e. The second kappa shape index (κ2) is 5.31. The largest absolute Gasteiger partial charge is 0.497 e. The van der Waals surface area contributed by atoms with Crippen LogP contribution in [0.15, 0.2) is 39.3 Å². The molecule has 2 N–H and O–H groups in total. The molecule has 7 heteroatoms. The highest BCUT2D eigenvalue weighted by molar-refractivity contribution is 9.10. The number of aromatic nitrogens is 2. The number of methoxy groups -OCH3 is 1. The van der Waals surface area contributed by atoms with Gasteiger partial charge in [-0.15, -0.1) is 0 Å². The van der Waals surface area contributed by atoms with Crippen LogP contribution >= 0.6 is 31.9 Å². The summed E-state index contributed by atoms with van der Waals surface area (Å²) in [6, 6.07) is 8.47. The lowest BCUT2D eigenvalue weighted by Gasteiger charge is -2.11. The van der Waals surface area contributed by atoms with Crippen LogP contribution in [0, 0.1) is 5.82 Å². The van der Waals surface area contributed by atoms with Crippen molar-refractivity contribution in [2.75, 3.05) is 12.8 Å². The topological polar surface area (TPSA) is 53.1 Å². The van der Waals surface area contributed by atoms with Gasteiger partial charge in [-0.2, -0.15) is 0 Å². The van der Waals surface area contributed by atoms with Crippen molar-refractivity contribution >= 4 is 48.8 Å². The highest BCUT2D eigenvalue weighted by Gasteiger charge is 2.15. The third-order valence-electron chi connectivity index (χ3n) is 3.12. The third-order valence-corrected chi connectivity index (χ3v) is 4.39. The number of hydrogen-bond donors (Lipinski definition) is 1. The molecular weight excluding hydrogens is 405 g/mol. The van der Waals surface area contributed by atoms with Gasteiger partial charge in [-0.05, 0) is 50.1 Å². The number of ether oxygens (including phenoxy) is 1. The summed E-state index contributed by atoms with van der Waals surface area (Å²) in [5.74, 6) is 0.575. The van der Waals surface area contributed by atoms with Crippen LogP contribution in [0.5, 0.6) is 5.75 Å². The average Bonchev–Trinajstić information content (AvgIpc) is 2.75. The molecule has 0 saturated heterocycles. The maximum absolute atomic E-state index is 13.8. The number of rotatable bonds is 2. The molecule has 0 aliphatic rings. The highest BCUT2D eigenvalue weighted by atomic mass is 79.9. The van der Waals surface area contributed by atoms with Crippen LogP contribution in [-0.4, -0.2) is 16.7 Å². The van der Waals surface area contributed by atoms with Gasteiger partial charge in [-0.3, -0.25) is 4.57 Å². The van der Waals surface area contributed by atoms with Gasteiger partial charge in [0.2, 0.25) is 5.95 Å². The molecule has 3 aromatic rings. The van der Waals surface area contributed by atoms with Crippen LogP contribution < -0.4 is 10.5 Å². The Bertz CT molecular complexity index is 848. The molecule has 108 valence electrons. The Morgan fingerprint density at radius 2 is 1.95 bits per heavy atom. The molecule has 0 fully saturated rings. The van der Waals surface area contributed by atoms with Crippen LogP contribution in [-0.2, 0) is 0 Å². The van der Waals surface area contributed by atoms with Crippen molar-refractivity contribution in [3.8, 4) is 11.4 Å². The molecule has 1 heterocycles. The molecule has 0 saturated carbocycles. The van der Waals surface area contributed by atoms with Gasteiger partial charge in [0.15, 0.2) is 0 Å². The Labute approximate surface area is 137 Å². The van der Waals surface area contributed by atoms with Gasteiger partial charge in [-0.1, -0.05) is 0 Å². The second-order valence-electron chi connectivity index (χ2n) is 4.38. The van der Waals surface area contributed by atoms with E-state index in [-0.39, 0.29) is 11.8 Å². The number of anilines is 1. The lowest BCUT2D eigenvalue weighted by atomic mass is 10.2. The van der Waals surface area contributed by atoms with E-state index in [1.54, 1.807) is 17.7 Å². The third kappa shape index (κ3) is 2.40. The first-order chi connectivity index (χ1) is 10.0. The van der Waals surface area contributed by atoms with E-state index in [0.717, 1.165) is 10.2 Å². The van der Waals surface area contributed by atoms with Gasteiger partial charge >= 0.3 is 0 Å². The molecule has 21 heavy (non-hydrogen) atoms. The monoisotopic (exact) mass is 413 g/mol. The van der Waals surface area contributed by atoms with Crippen molar-refractivity contribution in [1.29, 1.82) is 0 Å². The molecule has 0 unspecified atom stereocenters. The van der Waals surface area contributed by atoms with E-state index in [9.17, 15) is 4.39 Å². The van der Waals surface area contributed by atoms with Crippen LogP contribution in [0.1, 0.15) is 0 Å². The number of nitrogens with zero attached hydrogens (tertiary/aromatic N) is 2. The van der Waals surface area contributed by atoms with Crippen molar-refractivity contribution in [3.05, 3.63) is 45.1 Å². The maximum atomic E-state index is 13.8. The van der Waals surface area contributed by atoms with E-state index >= 15 is 0 Å². The summed E-state index contributed by atoms with van der Waals surface area (Å²) in [6.07, 6.45) is 0. The number of benzene rings is 2. The molecule has 1 aromatic heterocycles. The van der Waals surface area contributed by atoms with E-state index in [2.05, 4.69) is 36.8 Å². The number of nitrogen functional groups attached to an aromatic ring is 1. The van der Waals surface area contributed by atoms with Crippen LogP contribution in [0.3, 0.4) is 0 Å². The minimum atomic E-state index is -0.373. The zero-order valence-corrected chi connectivity index (χ0v) is 14.1. The first kappa shape index (κ1) is 14.3. The Morgan fingerprint density at radius 3 is 2.67 bits per heavy atom. The summed E-state index contributed by atoms with van der Waals surface area (Å²) in [6.45, 7) is 0. The van der Waals surface area contributed by atoms with Gasteiger partial charge in [0, 0.05) is 16.6 Å². The summed E-state index contributed by atoms with van der Waals surface area (Å²) >= 11 is 6.62. The van der Waals surface area contributed by atoms with Crippen molar-refractivity contribution in [2.24, 2.45) is 0 Å². The minimum Gasteiger partial charge on any atom is -0.497 e. The van der Waals surface area contributed by atoms with E-state index in [0.29, 0.717) is 21.3 Å². The van der Waals surface area contributed by atoms with E-state index in [1.165, 1.54) is 6.07 Å². The summed E-state index contributed by atoms with van der Waals surface area (Å²) in [7, 11) is 1.58. The molecular formula is C14H10Br2FN3O. The molecule has 0 atom stereocenters. The second-order valence-corrected chi connectivity index (χ2v) is 6.09. The summed E-state index contributed by atoms with van der Waals surface area (Å²) in [4.78, 5) is 4.27. The quantitative estimate of drug-likeness (QED) is 0.680. The molecule has 3 rings (SSSR count). The number of imidazole rings is 1. The lowest BCUT2D eigenvalue weighted by Crippen LogP contribution is -2.02. The Morgan fingerprint density at radius 1 is 1.19 bits per heavy atom. The molecule has 0 spiro atoms. The first-order valence-electron chi connectivity index (χ1n) is 5.98. The molecule has 0 amide bonds. The molecule has 2 aromatic carbocycles. The Kier molecular flexibility index (Phi) is 3.62. The van der Waals surface area contributed by atoms with E-state index in [4.69, 9.17) is 10.5 Å². The average molecular weight is 415 g/mol.